The number of amides is 1. The fourth-order valence-corrected chi connectivity index (χ4v) is 1.26. The average molecular weight is 218 g/mol. The second kappa shape index (κ2) is 5.08. The number of aliphatic hydroxyl groups excluding tert-OH is 3. The predicted molar refractivity (Wildman–Crippen MR) is 49.2 cm³/mol. The van der Waals surface area contributed by atoms with Crippen LogP contribution in [0, 0.1) is 0 Å². The summed E-state index contributed by atoms with van der Waals surface area (Å²) in [6.07, 6.45) is -1.77. The lowest BCUT2D eigenvalue weighted by Gasteiger charge is -2.14. The van der Waals surface area contributed by atoms with Crippen molar-refractivity contribution < 1.29 is 24.9 Å². The van der Waals surface area contributed by atoms with Crippen LogP contribution in [0.15, 0.2) is 12.3 Å². The lowest BCUT2D eigenvalue weighted by atomic mass is 10.1. The number of carbonyl (C=O) groups is 1. The molecule has 0 radical (unpaired) electrons. The van der Waals surface area contributed by atoms with E-state index in [1.807, 2.05) is 0 Å². The van der Waals surface area contributed by atoms with Crippen LogP contribution in [0.4, 0.5) is 0 Å². The molecule has 0 bridgehead atoms. The Bertz CT molecular complexity index is 257. The highest BCUT2D eigenvalue weighted by atomic mass is 16.6. The van der Waals surface area contributed by atoms with Crippen molar-refractivity contribution in [1.29, 1.82) is 0 Å². The van der Waals surface area contributed by atoms with Gasteiger partial charge in [0, 0.05) is 12.3 Å². The van der Waals surface area contributed by atoms with Crippen molar-refractivity contribution in [2.24, 2.45) is 5.73 Å². The van der Waals surface area contributed by atoms with Crippen molar-refractivity contribution in [1.82, 2.24) is 5.32 Å². The smallest absolute Gasteiger partial charge is 0.242 e. The molecule has 1 aliphatic rings. The van der Waals surface area contributed by atoms with E-state index in [2.05, 4.69) is 5.32 Å². The van der Waals surface area contributed by atoms with E-state index >= 15 is 0 Å². The van der Waals surface area contributed by atoms with Crippen LogP contribution in [-0.4, -0.2) is 52.4 Å². The number of primary amides is 1. The first-order chi connectivity index (χ1) is 7.06. The first-order valence-electron chi connectivity index (χ1n) is 4.40. The third-order valence-electron chi connectivity index (χ3n) is 2.05. The Balaban J connectivity index is 2.47. The number of hydrogen-bond donors (Lipinski definition) is 5. The highest BCUT2D eigenvalue weighted by Gasteiger charge is 2.41. The number of rotatable bonds is 4. The summed E-state index contributed by atoms with van der Waals surface area (Å²) < 4.78 is 5.05. The maximum absolute atomic E-state index is 10.3. The van der Waals surface area contributed by atoms with Gasteiger partial charge in [-0.25, -0.2) is 0 Å². The van der Waals surface area contributed by atoms with Gasteiger partial charge in [-0.2, -0.15) is 0 Å². The molecule has 1 aliphatic heterocycles. The van der Waals surface area contributed by atoms with Gasteiger partial charge in [-0.15, -0.1) is 0 Å². The fraction of sp³-hybridized carbons (Fsp3) is 0.625. The molecule has 6 N–H and O–H groups in total. The van der Waals surface area contributed by atoms with Gasteiger partial charge in [0.15, 0.2) is 6.23 Å². The summed E-state index contributed by atoms with van der Waals surface area (Å²) in [6.45, 7) is -0.393. The number of carbonyl (C=O) groups excluding carboxylic acids is 1. The number of hydrogen-bond acceptors (Lipinski definition) is 6. The Morgan fingerprint density at radius 1 is 1.47 bits per heavy atom. The van der Waals surface area contributed by atoms with Crippen molar-refractivity contribution in [3.05, 3.63) is 12.3 Å². The Kier molecular flexibility index (Phi) is 4.04. The minimum atomic E-state index is -1.17. The molecule has 0 aromatic heterocycles. The number of ether oxygens (including phenoxy) is 1. The van der Waals surface area contributed by atoms with Gasteiger partial charge >= 0.3 is 0 Å². The maximum Gasteiger partial charge on any atom is 0.242 e. The van der Waals surface area contributed by atoms with E-state index in [0.717, 1.165) is 6.08 Å². The number of nitrogens with two attached hydrogens (primary N) is 1. The molecule has 4 atom stereocenters. The summed E-state index contributed by atoms with van der Waals surface area (Å²) in [5.74, 6) is -0.644. The first kappa shape index (κ1) is 11.9. The van der Waals surface area contributed by atoms with E-state index in [1.54, 1.807) is 0 Å². The lowest BCUT2D eigenvalue weighted by molar-refractivity contribution is -0.113. The Morgan fingerprint density at radius 2 is 2.13 bits per heavy atom. The zero-order valence-corrected chi connectivity index (χ0v) is 7.91. The van der Waals surface area contributed by atoms with Crippen LogP contribution >= 0.6 is 0 Å². The molecule has 7 nitrogen and oxygen atoms in total. The van der Waals surface area contributed by atoms with Gasteiger partial charge in [-0.05, 0) is 0 Å². The van der Waals surface area contributed by atoms with Crippen molar-refractivity contribution in [3.63, 3.8) is 0 Å². The predicted octanol–water partition coefficient (Wildman–Crippen LogP) is -2.99. The van der Waals surface area contributed by atoms with E-state index in [1.165, 1.54) is 6.20 Å². The van der Waals surface area contributed by atoms with E-state index in [9.17, 15) is 15.0 Å². The van der Waals surface area contributed by atoms with E-state index in [4.69, 9.17) is 15.6 Å². The van der Waals surface area contributed by atoms with E-state index in [0.29, 0.717) is 0 Å². The third-order valence-corrected chi connectivity index (χ3v) is 2.05. The minimum Gasteiger partial charge on any atom is -0.394 e. The molecule has 1 heterocycles. The van der Waals surface area contributed by atoms with Crippen molar-refractivity contribution >= 4 is 5.91 Å². The molecule has 0 saturated carbocycles. The summed E-state index contributed by atoms with van der Waals surface area (Å²) in [5.41, 5.74) is 4.83. The molecule has 15 heavy (non-hydrogen) atoms. The monoisotopic (exact) mass is 218 g/mol. The van der Waals surface area contributed by atoms with Crippen molar-refractivity contribution in [2.45, 2.75) is 24.5 Å². The molecule has 0 spiro atoms. The van der Waals surface area contributed by atoms with Gasteiger partial charge in [0.2, 0.25) is 5.91 Å². The second-order valence-corrected chi connectivity index (χ2v) is 3.16. The molecule has 1 rings (SSSR count). The summed E-state index contributed by atoms with van der Waals surface area (Å²) in [6, 6.07) is 0. The van der Waals surface area contributed by atoms with Crippen LogP contribution in [-0.2, 0) is 9.53 Å². The zero-order chi connectivity index (χ0) is 11.4. The SMILES string of the molecule is NC(=O)/C=C/N[C@@H]1O[C@H](CO)[C@@H](O)[C@H]1O. The summed E-state index contributed by atoms with van der Waals surface area (Å²) >= 11 is 0. The topological polar surface area (TPSA) is 125 Å². The molecule has 0 unspecified atom stereocenters. The van der Waals surface area contributed by atoms with Gasteiger partial charge in [0.1, 0.15) is 18.3 Å². The zero-order valence-electron chi connectivity index (χ0n) is 7.91. The number of nitrogens with one attached hydrogen (secondary N) is 1. The van der Waals surface area contributed by atoms with Gasteiger partial charge in [-0.1, -0.05) is 0 Å². The van der Waals surface area contributed by atoms with Crippen LogP contribution < -0.4 is 11.1 Å². The lowest BCUT2D eigenvalue weighted by Crippen LogP contribution is -2.38. The Hall–Kier alpha value is -1.15. The van der Waals surface area contributed by atoms with Gasteiger partial charge < -0.3 is 31.1 Å². The van der Waals surface area contributed by atoms with Crippen molar-refractivity contribution in [2.75, 3.05) is 6.61 Å². The minimum absolute atomic E-state index is 0.393. The Morgan fingerprint density at radius 3 is 2.60 bits per heavy atom. The normalized spacial score (nSPS) is 35.9. The van der Waals surface area contributed by atoms with E-state index < -0.39 is 37.1 Å². The largest absolute Gasteiger partial charge is 0.394 e. The standard InChI is InChI=1S/C8H14N2O5/c9-5(12)1-2-10-8-7(14)6(13)4(3-11)15-8/h1-2,4,6-8,10-11,13-14H,3H2,(H2,9,12)/b2-1+/t4-,6-,7-,8-/m1/s1. The maximum atomic E-state index is 10.3. The molecule has 1 saturated heterocycles. The molecule has 7 heteroatoms. The molecular formula is C8H14N2O5. The molecule has 1 fully saturated rings. The van der Waals surface area contributed by atoms with Crippen molar-refractivity contribution in [3.8, 4) is 0 Å². The summed E-state index contributed by atoms with van der Waals surface area (Å²) in [5, 5.41) is 30.1. The van der Waals surface area contributed by atoms with Crippen LogP contribution in [0.2, 0.25) is 0 Å². The molecule has 0 aromatic carbocycles. The average Bonchev–Trinajstić information content (AvgIpc) is 2.45. The van der Waals surface area contributed by atoms with Crippen LogP contribution in [0.5, 0.6) is 0 Å². The quantitative estimate of drug-likeness (QED) is 0.320. The van der Waals surface area contributed by atoms with Gasteiger partial charge in [0.05, 0.1) is 6.61 Å². The molecular weight excluding hydrogens is 204 g/mol. The van der Waals surface area contributed by atoms with Crippen LogP contribution in [0.1, 0.15) is 0 Å². The molecule has 86 valence electrons. The highest BCUT2D eigenvalue weighted by molar-refractivity contribution is 5.85. The van der Waals surface area contributed by atoms with Gasteiger partial charge in [-0.3, -0.25) is 4.79 Å². The molecule has 0 aliphatic carbocycles. The third kappa shape index (κ3) is 2.90. The summed E-state index contributed by atoms with van der Waals surface area (Å²) in [7, 11) is 0. The second-order valence-electron chi connectivity index (χ2n) is 3.16. The van der Waals surface area contributed by atoms with Gasteiger partial charge in [0.25, 0.3) is 0 Å². The van der Waals surface area contributed by atoms with E-state index in [-0.39, 0.29) is 0 Å². The number of aliphatic hydroxyl groups is 3. The molecule has 1 amide bonds. The highest BCUT2D eigenvalue weighted by Crippen LogP contribution is 2.18. The molecule has 0 aromatic rings. The first-order valence-corrected chi connectivity index (χ1v) is 4.40. The summed E-state index contributed by atoms with van der Waals surface area (Å²) in [4.78, 5) is 10.3. The van der Waals surface area contributed by atoms with Crippen LogP contribution in [0.25, 0.3) is 0 Å². The van der Waals surface area contributed by atoms with Crippen LogP contribution in [0.3, 0.4) is 0 Å². The fourth-order valence-electron chi connectivity index (χ4n) is 1.26. The Labute approximate surface area is 86.1 Å².